The Labute approximate surface area is 221 Å². The number of sulfonamides is 1. The van der Waals surface area contributed by atoms with Crippen LogP contribution in [-0.2, 0) is 14.8 Å². The molecule has 1 N–H and O–H groups in total. The molecule has 186 valence electrons. The molecule has 3 rings (SSSR count). The van der Waals surface area contributed by atoms with Crippen LogP contribution in [0.5, 0.6) is 5.75 Å². The van der Waals surface area contributed by atoms with Gasteiger partial charge in [-0.3, -0.25) is 9.10 Å². The van der Waals surface area contributed by atoms with Gasteiger partial charge in [0, 0.05) is 3.57 Å². The van der Waals surface area contributed by atoms with Crippen LogP contribution in [-0.4, -0.2) is 28.0 Å². The molecule has 8 heteroatoms. The lowest BCUT2D eigenvalue weighted by molar-refractivity contribution is -0.120. The van der Waals surface area contributed by atoms with Crippen LogP contribution in [0, 0.1) is 10.5 Å². The van der Waals surface area contributed by atoms with Gasteiger partial charge in [-0.1, -0.05) is 32.0 Å². The SMILES string of the molecule is COc1cc(C)c([C@H](C)NC(=O)CN(c2ccc(I)cc2)S(=O)(=O)c2ccccc2)cc1C(C)C. The molecule has 0 heterocycles. The van der Waals surface area contributed by atoms with Gasteiger partial charge in [0.1, 0.15) is 12.3 Å². The molecule has 0 saturated carbocycles. The number of nitrogens with one attached hydrogen (secondary N) is 1. The minimum atomic E-state index is -3.94. The molecule has 6 nitrogen and oxygen atoms in total. The van der Waals surface area contributed by atoms with Gasteiger partial charge in [0.25, 0.3) is 10.0 Å². The molecule has 0 aliphatic carbocycles. The lowest BCUT2D eigenvalue weighted by Gasteiger charge is -2.26. The Morgan fingerprint density at radius 2 is 1.63 bits per heavy atom. The van der Waals surface area contributed by atoms with E-state index in [2.05, 4.69) is 47.8 Å². The second-order valence-electron chi connectivity index (χ2n) is 8.70. The molecule has 0 saturated heterocycles. The Balaban J connectivity index is 1.90. The van der Waals surface area contributed by atoms with Crippen molar-refractivity contribution in [1.29, 1.82) is 0 Å². The molecule has 0 fully saturated rings. The molecule has 35 heavy (non-hydrogen) atoms. The summed E-state index contributed by atoms with van der Waals surface area (Å²) >= 11 is 2.16. The number of benzene rings is 3. The van der Waals surface area contributed by atoms with E-state index in [1.807, 2.05) is 32.0 Å². The van der Waals surface area contributed by atoms with E-state index in [1.165, 1.54) is 12.1 Å². The number of aryl methyl sites for hydroxylation is 1. The maximum absolute atomic E-state index is 13.5. The molecule has 0 unspecified atom stereocenters. The van der Waals surface area contributed by atoms with Gasteiger partial charge in [-0.25, -0.2) is 8.42 Å². The van der Waals surface area contributed by atoms with Gasteiger partial charge in [-0.2, -0.15) is 0 Å². The Morgan fingerprint density at radius 1 is 1.00 bits per heavy atom. The fraction of sp³-hybridized carbons (Fsp3) is 0.296. The number of halogens is 1. The highest BCUT2D eigenvalue weighted by Gasteiger charge is 2.28. The van der Waals surface area contributed by atoms with E-state index in [0.717, 1.165) is 30.3 Å². The molecule has 3 aromatic rings. The standard InChI is InChI=1S/C27H31IN2O4S/c1-18(2)24-16-25(19(3)15-26(24)34-5)20(4)29-27(31)17-30(22-13-11-21(28)12-14-22)35(32,33)23-9-7-6-8-10-23/h6-16,18,20H,17H2,1-5H3,(H,29,31)/t20-/m0/s1. The first-order chi connectivity index (χ1) is 16.5. The smallest absolute Gasteiger partial charge is 0.264 e. The summed E-state index contributed by atoms with van der Waals surface area (Å²) in [7, 11) is -2.29. The van der Waals surface area contributed by atoms with Gasteiger partial charge in [0.2, 0.25) is 5.91 Å². The summed E-state index contributed by atoms with van der Waals surface area (Å²) in [5, 5.41) is 2.99. The maximum Gasteiger partial charge on any atom is 0.264 e. The fourth-order valence-corrected chi connectivity index (χ4v) is 5.75. The monoisotopic (exact) mass is 606 g/mol. The summed E-state index contributed by atoms with van der Waals surface area (Å²) in [5.41, 5.74) is 3.45. The van der Waals surface area contributed by atoms with E-state index < -0.39 is 15.9 Å². The van der Waals surface area contributed by atoms with E-state index >= 15 is 0 Å². The summed E-state index contributed by atoms with van der Waals surface area (Å²) in [4.78, 5) is 13.3. The number of amides is 1. The molecule has 3 aromatic carbocycles. The molecule has 0 aromatic heterocycles. The number of ether oxygens (including phenoxy) is 1. The van der Waals surface area contributed by atoms with Crippen molar-refractivity contribution in [2.24, 2.45) is 0 Å². The molecule has 1 atom stereocenters. The van der Waals surface area contributed by atoms with E-state index in [1.54, 1.807) is 37.4 Å². The third-order valence-corrected chi connectivity index (χ3v) is 8.32. The molecular formula is C27H31IN2O4S. The number of rotatable bonds is 9. The Kier molecular flexibility index (Phi) is 8.82. The molecule has 1 amide bonds. The largest absolute Gasteiger partial charge is 0.496 e. The number of anilines is 1. The number of carbonyl (C=O) groups excluding carboxylic acids is 1. The van der Waals surface area contributed by atoms with E-state index in [-0.39, 0.29) is 23.4 Å². The molecule has 0 aliphatic rings. The van der Waals surface area contributed by atoms with Crippen LogP contribution >= 0.6 is 22.6 Å². The Hall–Kier alpha value is -2.59. The van der Waals surface area contributed by atoms with Crippen molar-refractivity contribution in [3.8, 4) is 5.75 Å². The summed E-state index contributed by atoms with van der Waals surface area (Å²) in [5.74, 6) is 0.676. The minimum absolute atomic E-state index is 0.131. The zero-order valence-corrected chi connectivity index (χ0v) is 23.6. The Morgan fingerprint density at radius 3 is 2.20 bits per heavy atom. The predicted molar refractivity (Wildman–Crippen MR) is 149 cm³/mol. The average molecular weight is 607 g/mol. The highest BCUT2D eigenvalue weighted by atomic mass is 127. The molecule has 0 bridgehead atoms. The van der Waals surface area contributed by atoms with E-state index in [9.17, 15) is 13.2 Å². The summed E-state index contributed by atoms with van der Waals surface area (Å²) < 4.78 is 34.6. The second kappa shape index (κ2) is 11.4. The normalized spacial score (nSPS) is 12.3. The van der Waals surface area contributed by atoms with Crippen LogP contribution in [0.4, 0.5) is 5.69 Å². The number of nitrogens with zero attached hydrogens (tertiary/aromatic N) is 1. The maximum atomic E-state index is 13.5. The number of carbonyl (C=O) groups is 1. The fourth-order valence-electron chi connectivity index (χ4n) is 3.95. The third-order valence-electron chi connectivity index (χ3n) is 5.82. The third kappa shape index (κ3) is 6.35. The average Bonchev–Trinajstić information content (AvgIpc) is 2.83. The summed E-state index contributed by atoms with van der Waals surface area (Å²) in [6.07, 6.45) is 0. The summed E-state index contributed by atoms with van der Waals surface area (Å²) in [6.45, 7) is 7.72. The van der Waals surface area contributed by atoms with E-state index in [4.69, 9.17) is 4.74 Å². The summed E-state index contributed by atoms with van der Waals surface area (Å²) in [6, 6.07) is 18.9. The van der Waals surface area contributed by atoms with E-state index in [0.29, 0.717) is 5.69 Å². The number of methoxy groups -OCH3 is 1. The van der Waals surface area contributed by atoms with Crippen LogP contribution in [0.3, 0.4) is 0 Å². The molecule has 0 spiro atoms. The molecule has 0 aliphatic heterocycles. The second-order valence-corrected chi connectivity index (χ2v) is 11.8. The first-order valence-corrected chi connectivity index (χ1v) is 13.9. The number of hydrogen-bond donors (Lipinski definition) is 1. The molecule has 0 radical (unpaired) electrons. The topological polar surface area (TPSA) is 75.7 Å². The van der Waals surface area contributed by atoms with Crippen molar-refractivity contribution < 1.29 is 17.9 Å². The highest BCUT2D eigenvalue weighted by Crippen LogP contribution is 2.32. The molecular weight excluding hydrogens is 575 g/mol. The van der Waals surface area contributed by atoms with Crippen LogP contribution in [0.15, 0.2) is 71.6 Å². The minimum Gasteiger partial charge on any atom is -0.496 e. The van der Waals surface area contributed by atoms with Crippen molar-refractivity contribution in [2.75, 3.05) is 18.0 Å². The lowest BCUT2D eigenvalue weighted by Crippen LogP contribution is -2.41. The Bertz CT molecular complexity index is 1280. The van der Waals surface area contributed by atoms with Gasteiger partial charge in [-0.15, -0.1) is 0 Å². The first kappa shape index (κ1) is 27.0. The van der Waals surface area contributed by atoms with Crippen LogP contribution in [0.25, 0.3) is 0 Å². The first-order valence-electron chi connectivity index (χ1n) is 11.4. The highest BCUT2D eigenvalue weighted by molar-refractivity contribution is 14.1. The van der Waals surface area contributed by atoms with Crippen molar-refractivity contribution in [2.45, 2.75) is 44.6 Å². The lowest BCUT2D eigenvalue weighted by atomic mass is 9.93. The van der Waals surface area contributed by atoms with Crippen LogP contribution in [0.1, 0.15) is 49.4 Å². The van der Waals surface area contributed by atoms with Gasteiger partial charge in [0.15, 0.2) is 0 Å². The van der Waals surface area contributed by atoms with Crippen LogP contribution in [0.2, 0.25) is 0 Å². The quantitative estimate of drug-likeness (QED) is 0.313. The van der Waals surface area contributed by atoms with Gasteiger partial charge in [-0.05, 0) is 108 Å². The predicted octanol–water partition coefficient (Wildman–Crippen LogP) is 5.80. The number of hydrogen-bond acceptors (Lipinski definition) is 4. The zero-order valence-electron chi connectivity index (χ0n) is 20.6. The van der Waals surface area contributed by atoms with Gasteiger partial charge >= 0.3 is 0 Å². The zero-order chi connectivity index (χ0) is 25.8. The van der Waals surface area contributed by atoms with Crippen molar-refractivity contribution >= 4 is 44.2 Å². The van der Waals surface area contributed by atoms with Crippen LogP contribution < -0.4 is 14.4 Å². The van der Waals surface area contributed by atoms with Gasteiger partial charge in [0.05, 0.1) is 23.7 Å². The van der Waals surface area contributed by atoms with Crippen molar-refractivity contribution in [3.63, 3.8) is 0 Å². The van der Waals surface area contributed by atoms with Crippen molar-refractivity contribution in [1.82, 2.24) is 5.32 Å². The van der Waals surface area contributed by atoms with Crippen molar-refractivity contribution in [3.05, 3.63) is 87.0 Å². The van der Waals surface area contributed by atoms with Gasteiger partial charge < -0.3 is 10.1 Å².